The van der Waals surface area contributed by atoms with E-state index in [2.05, 4.69) is 24.0 Å². The van der Waals surface area contributed by atoms with Gasteiger partial charge in [0.15, 0.2) is 0 Å². The first kappa shape index (κ1) is 13.7. The summed E-state index contributed by atoms with van der Waals surface area (Å²) in [7, 11) is 0. The van der Waals surface area contributed by atoms with E-state index < -0.39 is 0 Å². The lowest BCUT2D eigenvalue weighted by Crippen LogP contribution is -1.82. The minimum atomic E-state index is 0.618. The maximum Gasteiger partial charge on any atom is 0.134 e. The molecule has 0 radical (unpaired) electrons. The van der Waals surface area contributed by atoms with Crippen molar-refractivity contribution in [3.05, 3.63) is 62.6 Å². The van der Waals surface area contributed by atoms with Gasteiger partial charge >= 0.3 is 0 Å². The molecule has 3 rings (SSSR count). The van der Waals surface area contributed by atoms with E-state index in [-0.39, 0.29) is 0 Å². The van der Waals surface area contributed by atoms with E-state index in [4.69, 9.17) is 0 Å². The monoisotopic (exact) mass is 308 g/mol. The third-order valence-electron chi connectivity index (χ3n) is 3.10. The lowest BCUT2D eigenvalue weighted by molar-refractivity contribution is 1.37. The summed E-state index contributed by atoms with van der Waals surface area (Å²) in [5, 5.41) is 14.2. The van der Waals surface area contributed by atoms with Crippen molar-refractivity contribution in [3.63, 3.8) is 0 Å². The first-order valence-corrected chi connectivity index (χ1v) is 8.21. The van der Waals surface area contributed by atoms with Crippen LogP contribution in [0.25, 0.3) is 22.9 Å². The van der Waals surface area contributed by atoms with Gasteiger partial charge in [0.2, 0.25) is 0 Å². The third kappa shape index (κ3) is 2.94. The molecule has 2 aromatic heterocycles. The van der Waals surface area contributed by atoms with Crippen molar-refractivity contribution in [1.29, 1.82) is 5.26 Å². The maximum atomic E-state index is 9.40. The molecule has 2 heterocycles. The zero-order valence-corrected chi connectivity index (χ0v) is 13.0. The third-order valence-corrected chi connectivity index (χ3v) is 4.94. The van der Waals surface area contributed by atoms with Crippen LogP contribution in [0.5, 0.6) is 0 Å². The Morgan fingerprint density at radius 3 is 2.67 bits per heavy atom. The Kier molecular flexibility index (Phi) is 3.96. The van der Waals surface area contributed by atoms with Gasteiger partial charge in [0.1, 0.15) is 11.1 Å². The zero-order chi connectivity index (χ0) is 14.7. The lowest BCUT2D eigenvalue weighted by atomic mass is 10.2. The van der Waals surface area contributed by atoms with Gasteiger partial charge in [0.25, 0.3) is 0 Å². The number of aryl methyl sites for hydroxylation is 1. The molecule has 0 saturated carbocycles. The average molecular weight is 308 g/mol. The molecule has 0 N–H and O–H groups in total. The molecule has 21 heavy (non-hydrogen) atoms. The summed E-state index contributed by atoms with van der Waals surface area (Å²) in [6.45, 7) is 2.05. The summed E-state index contributed by atoms with van der Waals surface area (Å²) in [5.74, 6) is 0. The van der Waals surface area contributed by atoms with Crippen LogP contribution in [0.15, 0.2) is 47.2 Å². The molecule has 4 heteroatoms. The molecule has 0 spiro atoms. The Morgan fingerprint density at radius 1 is 1.19 bits per heavy atom. The van der Waals surface area contributed by atoms with Crippen LogP contribution in [0, 0.1) is 18.3 Å². The molecule has 0 aliphatic rings. The van der Waals surface area contributed by atoms with Crippen molar-refractivity contribution in [2.45, 2.75) is 6.92 Å². The number of hydrogen-bond acceptors (Lipinski definition) is 4. The molecule has 0 atom stereocenters. The molecule has 0 fully saturated rings. The van der Waals surface area contributed by atoms with E-state index in [1.807, 2.05) is 47.2 Å². The van der Waals surface area contributed by atoms with E-state index in [1.54, 1.807) is 11.3 Å². The fraction of sp³-hybridized carbons (Fsp3) is 0.0588. The molecule has 3 aromatic rings. The SMILES string of the molecule is Cc1ccsc1/C=C(/C#N)c1nc(-c2ccccc2)cs1. The predicted octanol–water partition coefficient (Wildman–Crippen LogP) is 5.24. The highest BCUT2D eigenvalue weighted by Gasteiger charge is 2.09. The van der Waals surface area contributed by atoms with Crippen molar-refractivity contribution < 1.29 is 0 Å². The first-order valence-electron chi connectivity index (χ1n) is 6.45. The molecule has 1 aromatic carbocycles. The topological polar surface area (TPSA) is 36.7 Å². The molecular formula is C17H12N2S2. The number of allylic oxidation sites excluding steroid dienone is 1. The first-order chi connectivity index (χ1) is 10.3. The van der Waals surface area contributed by atoms with Gasteiger partial charge in [-0.15, -0.1) is 22.7 Å². The van der Waals surface area contributed by atoms with Crippen LogP contribution < -0.4 is 0 Å². The highest BCUT2D eigenvalue weighted by Crippen LogP contribution is 2.28. The molecule has 102 valence electrons. The number of thiophene rings is 1. The Morgan fingerprint density at radius 2 is 2.00 bits per heavy atom. The van der Waals surface area contributed by atoms with Crippen molar-refractivity contribution in [2.24, 2.45) is 0 Å². The van der Waals surface area contributed by atoms with Gasteiger partial charge in [0.05, 0.1) is 11.3 Å². The van der Waals surface area contributed by atoms with E-state index in [0.717, 1.165) is 21.1 Å². The van der Waals surface area contributed by atoms with Crippen LogP contribution in [0.1, 0.15) is 15.4 Å². The van der Waals surface area contributed by atoms with Gasteiger partial charge in [-0.1, -0.05) is 30.3 Å². The molecule has 0 bridgehead atoms. The highest BCUT2D eigenvalue weighted by molar-refractivity contribution is 7.12. The Bertz CT molecular complexity index is 820. The second kappa shape index (κ2) is 6.04. The number of nitrogens with zero attached hydrogens (tertiary/aromatic N) is 2. The molecule has 0 saturated heterocycles. The van der Waals surface area contributed by atoms with Gasteiger partial charge in [-0.3, -0.25) is 0 Å². The van der Waals surface area contributed by atoms with Gasteiger partial charge in [0, 0.05) is 15.8 Å². The standard InChI is InChI=1S/C17H12N2S2/c1-12-7-8-20-16(12)9-14(10-18)17-19-15(11-21-17)13-5-3-2-4-6-13/h2-9,11H,1H3/b14-9-. The Hall–Kier alpha value is -2.22. The zero-order valence-electron chi connectivity index (χ0n) is 11.4. The summed E-state index contributed by atoms with van der Waals surface area (Å²) in [5.41, 5.74) is 3.80. The summed E-state index contributed by atoms with van der Waals surface area (Å²) >= 11 is 3.15. The number of nitriles is 1. The molecule has 0 amide bonds. The minimum absolute atomic E-state index is 0.618. The fourth-order valence-corrected chi connectivity index (χ4v) is 3.60. The maximum absolute atomic E-state index is 9.40. The van der Waals surface area contributed by atoms with Crippen molar-refractivity contribution in [1.82, 2.24) is 4.98 Å². The second-order valence-electron chi connectivity index (χ2n) is 4.54. The van der Waals surface area contributed by atoms with Crippen molar-refractivity contribution >= 4 is 34.3 Å². The lowest BCUT2D eigenvalue weighted by Gasteiger charge is -1.95. The molecular weight excluding hydrogens is 296 g/mol. The van der Waals surface area contributed by atoms with Crippen LogP contribution in [-0.4, -0.2) is 4.98 Å². The van der Waals surface area contributed by atoms with E-state index in [9.17, 15) is 5.26 Å². The highest BCUT2D eigenvalue weighted by atomic mass is 32.1. The number of thiazole rings is 1. The van der Waals surface area contributed by atoms with Crippen molar-refractivity contribution in [3.8, 4) is 17.3 Å². The van der Waals surface area contributed by atoms with E-state index >= 15 is 0 Å². The number of aromatic nitrogens is 1. The smallest absolute Gasteiger partial charge is 0.134 e. The summed E-state index contributed by atoms with van der Waals surface area (Å²) < 4.78 is 0. The van der Waals surface area contributed by atoms with Crippen LogP contribution in [0.3, 0.4) is 0 Å². The Balaban J connectivity index is 1.97. The normalized spacial score (nSPS) is 11.3. The quantitative estimate of drug-likeness (QED) is 0.620. The largest absolute Gasteiger partial charge is 0.235 e. The van der Waals surface area contributed by atoms with E-state index in [1.165, 1.54) is 16.9 Å². The summed E-state index contributed by atoms with van der Waals surface area (Å²) in [6.07, 6.45) is 1.92. The van der Waals surface area contributed by atoms with Gasteiger partial charge < -0.3 is 0 Å². The van der Waals surface area contributed by atoms with Crippen LogP contribution in [0.2, 0.25) is 0 Å². The average Bonchev–Trinajstić information content (AvgIpc) is 3.15. The Labute approximate surface area is 131 Å². The molecule has 2 nitrogen and oxygen atoms in total. The van der Waals surface area contributed by atoms with Gasteiger partial charge in [-0.05, 0) is 30.0 Å². The number of hydrogen-bond donors (Lipinski definition) is 0. The minimum Gasteiger partial charge on any atom is -0.235 e. The van der Waals surface area contributed by atoms with Gasteiger partial charge in [-0.25, -0.2) is 4.98 Å². The van der Waals surface area contributed by atoms with Crippen molar-refractivity contribution in [2.75, 3.05) is 0 Å². The van der Waals surface area contributed by atoms with Crippen LogP contribution in [-0.2, 0) is 0 Å². The fourth-order valence-electron chi connectivity index (χ4n) is 1.94. The molecule has 0 aliphatic heterocycles. The molecule has 0 aliphatic carbocycles. The molecule has 0 unspecified atom stereocenters. The van der Waals surface area contributed by atoms with Crippen LogP contribution in [0.4, 0.5) is 0 Å². The summed E-state index contributed by atoms with van der Waals surface area (Å²) in [6, 6.07) is 14.3. The predicted molar refractivity (Wildman–Crippen MR) is 90.1 cm³/mol. The van der Waals surface area contributed by atoms with Gasteiger partial charge in [-0.2, -0.15) is 5.26 Å². The number of rotatable bonds is 3. The van der Waals surface area contributed by atoms with E-state index in [0.29, 0.717) is 5.57 Å². The second-order valence-corrected chi connectivity index (χ2v) is 6.35. The number of benzene rings is 1. The summed E-state index contributed by atoms with van der Waals surface area (Å²) in [4.78, 5) is 5.71. The van der Waals surface area contributed by atoms with Crippen LogP contribution >= 0.6 is 22.7 Å².